The van der Waals surface area contributed by atoms with Gasteiger partial charge in [0.25, 0.3) is 0 Å². The molecule has 0 aliphatic carbocycles. The van der Waals surface area contributed by atoms with Crippen molar-refractivity contribution in [1.82, 2.24) is 9.97 Å². The van der Waals surface area contributed by atoms with Crippen molar-refractivity contribution in [3.05, 3.63) is 53.9 Å². The Morgan fingerprint density at radius 3 is 2.39 bits per heavy atom. The summed E-state index contributed by atoms with van der Waals surface area (Å²) in [6, 6.07) is 6.57. The van der Waals surface area contributed by atoms with Crippen molar-refractivity contribution in [3.63, 3.8) is 0 Å². The summed E-state index contributed by atoms with van der Waals surface area (Å²) in [6.45, 7) is 6.39. The Morgan fingerprint density at radius 1 is 1.22 bits per heavy atom. The van der Waals surface area contributed by atoms with Crippen LogP contribution < -0.4 is 0 Å². The van der Waals surface area contributed by atoms with Crippen LogP contribution in [0, 0.1) is 11.2 Å². The zero-order valence-corrected chi connectivity index (χ0v) is 10.9. The van der Waals surface area contributed by atoms with E-state index in [-0.39, 0.29) is 11.2 Å². The van der Waals surface area contributed by atoms with Crippen LogP contribution in [0.1, 0.15) is 32.2 Å². The Kier molecular flexibility index (Phi) is 3.32. The summed E-state index contributed by atoms with van der Waals surface area (Å²) in [7, 11) is 0. The number of imidazole rings is 1. The fourth-order valence-corrected chi connectivity index (χ4v) is 1.86. The lowest BCUT2D eigenvalue weighted by Crippen LogP contribution is -2.08. The van der Waals surface area contributed by atoms with Crippen LogP contribution in [-0.4, -0.2) is 9.97 Å². The molecule has 0 atom stereocenters. The lowest BCUT2D eigenvalue weighted by Gasteiger charge is -2.23. The Bertz CT molecular complexity index is 531. The molecular weight excluding hydrogens is 227 g/mol. The van der Waals surface area contributed by atoms with Gasteiger partial charge >= 0.3 is 0 Å². The average Bonchev–Trinajstić information content (AvgIpc) is 2.79. The second kappa shape index (κ2) is 4.77. The second-order valence-corrected chi connectivity index (χ2v) is 5.29. The number of benzene rings is 1. The highest BCUT2D eigenvalue weighted by molar-refractivity contribution is 5.82. The van der Waals surface area contributed by atoms with E-state index in [4.69, 9.17) is 0 Å². The number of hydrogen-bond acceptors (Lipinski definition) is 1. The molecule has 0 fully saturated rings. The SMILES string of the molecule is CC(C)(C)C(=Cc1ncc[nH]1)c1ccc(F)cc1. The third-order valence-electron chi connectivity index (χ3n) is 2.76. The van der Waals surface area contributed by atoms with Gasteiger partial charge in [0.15, 0.2) is 0 Å². The van der Waals surface area contributed by atoms with Gasteiger partial charge in [-0.3, -0.25) is 0 Å². The first-order valence-electron chi connectivity index (χ1n) is 5.94. The maximum atomic E-state index is 13.0. The van der Waals surface area contributed by atoms with Gasteiger partial charge in [0.05, 0.1) is 0 Å². The number of aromatic amines is 1. The van der Waals surface area contributed by atoms with Gasteiger partial charge in [0, 0.05) is 12.4 Å². The first-order valence-corrected chi connectivity index (χ1v) is 5.94. The predicted octanol–water partition coefficient (Wildman–Crippen LogP) is 4.14. The van der Waals surface area contributed by atoms with Crippen LogP contribution in [0.2, 0.25) is 0 Å². The third kappa shape index (κ3) is 2.86. The second-order valence-electron chi connectivity index (χ2n) is 5.29. The maximum absolute atomic E-state index is 13.0. The molecule has 1 aromatic carbocycles. The molecule has 2 nitrogen and oxygen atoms in total. The molecule has 0 radical (unpaired) electrons. The first kappa shape index (κ1) is 12.6. The van der Waals surface area contributed by atoms with Crippen LogP contribution in [0.25, 0.3) is 11.6 Å². The molecule has 2 rings (SSSR count). The van der Waals surface area contributed by atoms with Crippen LogP contribution in [0.15, 0.2) is 36.7 Å². The van der Waals surface area contributed by atoms with E-state index < -0.39 is 0 Å². The lowest BCUT2D eigenvalue weighted by atomic mass is 9.82. The van der Waals surface area contributed by atoms with Crippen LogP contribution >= 0.6 is 0 Å². The average molecular weight is 244 g/mol. The van der Waals surface area contributed by atoms with E-state index in [2.05, 4.69) is 30.7 Å². The van der Waals surface area contributed by atoms with Gasteiger partial charge < -0.3 is 4.98 Å². The Hall–Kier alpha value is -1.90. The van der Waals surface area contributed by atoms with Crippen molar-refractivity contribution in [2.24, 2.45) is 5.41 Å². The number of nitrogens with one attached hydrogen (secondary N) is 1. The molecule has 1 N–H and O–H groups in total. The fourth-order valence-electron chi connectivity index (χ4n) is 1.86. The van der Waals surface area contributed by atoms with E-state index in [1.54, 1.807) is 24.5 Å². The molecule has 0 amide bonds. The molecule has 0 unspecified atom stereocenters. The topological polar surface area (TPSA) is 28.7 Å². The number of H-pyrrole nitrogens is 1. The van der Waals surface area contributed by atoms with E-state index in [9.17, 15) is 4.39 Å². The fraction of sp³-hybridized carbons (Fsp3) is 0.267. The van der Waals surface area contributed by atoms with Crippen LogP contribution in [-0.2, 0) is 0 Å². The molecule has 1 aromatic heterocycles. The molecule has 3 heteroatoms. The minimum atomic E-state index is -0.218. The van der Waals surface area contributed by atoms with Gasteiger partial charge in [-0.15, -0.1) is 0 Å². The summed E-state index contributed by atoms with van der Waals surface area (Å²) in [5.41, 5.74) is 2.10. The van der Waals surface area contributed by atoms with Gasteiger partial charge in [-0.25, -0.2) is 9.37 Å². The van der Waals surface area contributed by atoms with Crippen LogP contribution in [0.5, 0.6) is 0 Å². The van der Waals surface area contributed by atoms with E-state index in [1.165, 1.54) is 12.1 Å². The highest BCUT2D eigenvalue weighted by atomic mass is 19.1. The van der Waals surface area contributed by atoms with Crippen molar-refractivity contribution in [2.45, 2.75) is 20.8 Å². The quantitative estimate of drug-likeness (QED) is 0.845. The van der Waals surface area contributed by atoms with Crippen molar-refractivity contribution >= 4 is 11.6 Å². The van der Waals surface area contributed by atoms with E-state index >= 15 is 0 Å². The number of hydrogen-bond donors (Lipinski definition) is 1. The summed E-state index contributed by atoms with van der Waals surface area (Å²) in [5.74, 6) is 0.592. The van der Waals surface area contributed by atoms with E-state index in [1.807, 2.05) is 6.08 Å². The molecule has 1 heterocycles. The number of nitrogens with zero attached hydrogens (tertiary/aromatic N) is 1. The molecule has 0 spiro atoms. The van der Waals surface area contributed by atoms with Gasteiger partial charge in [0.2, 0.25) is 0 Å². The van der Waals surface area contributed by atoms with E-state index in [0.29, 0.717) is 0 Å². The highest BCUT2D eigenvalue weighted by Gasteiger charge is 2.19. The third-order valence-corrected chi connectivity index (χ3v) is 2.76. The normalized spacial score (nSPS) is 12.8. The summed E-state index contributed by atoms with van der Waals surface area (Å²) >= 11 is 0. The minimum absolute atomic E-state index is 0.0371. The van der Waals surface area contributed by atoms with E-state index in [0.717, 1.165) is 17.0 Å². The Labute approximate surface area is 107 Å². The summed E-state index contributed by atoms with van der Waals surface area (Å²) in [5, 5.41) is 0. The monoisotopic (exact) mass is 244 g/mol. The number of allylic oxidation sites excluding steroid dienone is 1. The number of rotatable bonds is 2. The summed E-state index contributed by atoms with van der Waals surface area (Å²) in [6.07, 6.45) is 5.51. The molecule has 0 saturated carbocycles. The van der Waals surface area contributed by atoms with Crippen molar-refractivity contribution in [2.75, 3.05) is 0 Å². The number of aromatic nitrogens is 2. The molecule has 0 aliphatic rings. The first-order chi connectivity index (χ1) is 8.47. The lowest BCUT2D eigenvalue weighted by molar-refractivity contribution is 0.568. The Balaban J connectivity index is 2.47. The summed E-state index contributed by atoms with van der Waals surface area (Å²) < 4.78 is 13.0. The zero-order chi connectivity index (χ0) is 13.2. The Morgan fingerprint density at radius 2 is 1.89 bits per heavy atom. The van der Waals surface area contributed by atoms with Crippen molar-refractivity contribution in [3.8, 4) is 0 Å². The van der Waals surface area contributed by atoms with Gasteiger partial charge in [0.1, 0.15) is 11.6 Å². The zero-order valence-electron chi connectivity index (χ0n) is 10.9. The van der Waals surface area contributed by atoms with Crippen molar-refractivity contribution < 1.29 is 4.39 Å². The standard InChI is InChI=1S/C15H17FN2/c1-15(2,3)13(10-14-17-8-9-18-14)11-4-6-12(16)7-5-11/h4-10H,1-3H3,(H,17,18). The summed E-state index contributed by atoms with van der Waals surface area (Å²) in [4.78, 5) is 7.27. The molecule has 0 saturated heterocycles. The molecular formula is C15H17FN2. The highest BCUT2D eigenvalue weighted by Crippen LogP contribution is 2.35. The van der Waals surface area contributed by atoms with Gasteiger partial charge in [-0.05, 0) is 34.8 Å². The molecule has 18 heavy (non-hydrogen) atoms. The van der Waals surface area contributed by atoms with Gasteiger partial charge in [-0.1, -0.05) is 32.9 Å². The van der Waals surface area contributed by atoms with Gasteiger partial charge in [-0.2, -0.15) is 0 Å². The maximum Gasteiger partial charge on any atom is 0.130 e. The van der Waals surface area contributed by atoms with Crippen molar-refractivity contribution in [1.29, 1.82) is 0 Å². The molecule has 0 aliphatic heterocycles. The molecule has 94 valence electrons. The molecule has 0 bridgehead atoms. The smallest absolute Gasteiger partial charge is 0.130 e. The number of halogens is 1. The largest absolute Gasteiger partial charge is 0.345 e. The van der Waals surface area contributed by atoms with Crippen LogP contribution in [0.4, 0.5) is 4.39 Å². The minimum Gasteiger partial charge on any atom is -0.345 e. The molecule has 2 aromatic rings. The van der Waals surface area contributed by atoms with Crippen LogP contribution in [0.3, 0.4) is 0 Å². The predicted molar refractivity (Wildman–Crippen MR) is 72.3 cm³/mol.